The van der Waals surface area contributed by atoms with Gasteiger partial charge in [-0.15, -0.1) is 12.4 Å². The van der Waals surface area contributed by atoms with Crippen LogP contribution < -0.4 is 5.32 Å². The number of amides is 1. The first kappa shape index (κ1) is 17.5. The third kappa shape index (κ3) is 4.33. The highest BCUT2D eigenvalue weighted by molar-refractivity contribution is 5.85. The van der Waals surface area contributed by atoms with Crippen molar-refractivity contribution >= 4 is 18.3 Å². The molecule has 0 bridgehead atoms. The number of nitrogens with one attached hydrogen (secondary N) is 2. The van der Waals surface area contributed by atoms with Crippen molar-refractivity contribution in [2.24, 2.45) is 0 Å². The highest BCUT2D eigenvalue weighted by Crippen LogP contribution is 2.20. The van der Waals surface area contributed by atoms with E-state index >= 15 is 0 Å². The van der Waals surface area contributed by atoms with E-state index in [2.05, 4.69) is 34.6 Å². The van der Waals surface area contributed by atoms with Gasteiger partial charge in [0.25, 0.3) is 0 Å². The minimum absolute atomic E-state index is 0. The predicted molar refractivity (Wildman–Crippen MR) is 93.4 cm³/mol. The van der Waals surface area contributed by atoms with E-state index in [1.54, 1.807) is 0 Å². The molecular weight excluding hydrogens is 312 g/mol. The highest BCUT2D eigenvalue weighted by Gasteiger charge is 2.21. The van der Waals surface area contributed by atoms with Crippen molar-refractivity contribution in [2.75, 3.05) is 13.1 Å². The van der Waals surface area contributed by atoms with Gasteiger partial charge in [-0.2, -0.15) is 5.10 Å². The Morgan fingerprint density at radius 3 is 2.83 bits per heavy atom. The summed E-state index contributed by atoms with van der Waals surface area (Å²) in [6.07, 6.45) is 3.56. The molecule has 23 heavy (non-hydrogen) atoms. The first-order valence-corrected chi connectivity index (χ1v) is 7.83. The summed E-state index contributed by atoms with van der Waals surface area (Å²) in [5, 5.41) is 10.7. The van der Waals surface area contributed by atoms with E-state index in [0.29, 0.717) is 6.42 Å². The van der Waals surface area contributed by atoms with Crippen molar-refractivity contribution in [3.05, 3.63) is 42.1 Å². The molecule has 0 spiro atoms. The van der Waals surface area contributed by atoms with Crippen molar-refractivity contribution in [3.8, 4) is 11.3 Å². The maximum Gasteiger partial charge on any atom is 0.222 e. The summed E-state index contributed by atoms with van der Waals surface area (Å²) in [5.74, 6) is 0.280. The number of hydrogen-bond acceptors (Lipinski definition) is 3. The largest absolute Gasteiger partial charge is 0.341 e. The van der Waals surface area contributed by atoms with Crippen LogP contribution in [0.25, 0.3) is 11.3 Å². The fourth-order valence-corrected chi connectivity index (χ4v) is 2.88. The Bertz CT molecular complexity index is 629. The number of benzene rings is 1. The van der Waals surface area contributed by atoms with Gasteiger partial charge < -0.3 is 10.2 Å². The Hall–Kier alpha value is -1.85. The zero-order valence-corrected chi connectivity index (χ0v) is 14.1. The quantitative estimate of drug-likeness (QED) is 0.853. The third-order valence-electron chi connectivity index (χ3n) is 4.09. The number of nitrogens with zero attached hydrogens (tertiary/aromatic N) is 2. The fraction of sp³-hybridized carbons (Fsp3) is 0.412. The molecule has 1 saturated heterocycles. The van der Waals surface area contributed by atoms with Crippen molar-refractivity contribution in [1.29, 1.82) is 0 Å². The summed E-state index contributed by atoms with van der Waals surface area (Å²) in [7, 11) is 0. The van der Waals surface area contributed by atoms with Gasteiger partial charge in [0, 0.05) is 37.7 Å². The number of likely N-dealkylation sites (tertiary alicyclic amines) is 1. The monoisotopic (exact) mass is 334 g/mol. The van der Waals surface area contributed by atoms with Crippen LogP contribution in [0.5, 0.6) is 0 Å². The van der Waals surface area contributed by atoms with E-state index in [-0.39, 0.29) is 24.4 Å². The number of aromatic amines is 1. The number of halogens is 1. The van der Waals surface area contributed by atoms with Crippen molar-refractivity contribution < 1.29 is 4.79 Å². The normalized spacial score (nSPS) is 15.5. The molecule has 1 amide bonds. The summed E-state index contributed by atoms with van der Waals surface area (Å²) >= 11 is 0. The molecule has 1 aromatic carbocycles. The van der Waals surface area contributed by atoms with Crippen LogP contribution in [0.2, 0.25) is 0 Å². The molecule has 2 heterocycles. The van der Waals surface area contributed by atoms with Gasteiger partial charge in [0.05, 0.1) is 11.9 Å². The van der Waals surface area contributed by atoms with E-state index in [1.165, 1.54) is 0 Å². The lowest BCUT2D eigenvalue weighted by Crippen LogP contribution is -2.39. The van der Waals surface area contributed by atoms with E-state index < -0.39 is 0 Å². The number of rotatable bonds is 6. The second kappa shape index (κ2) is 8.13. The molecule has 0 radical (unpaired) electrons. The summed E-state index contributed by atoms with van der Waals surface area (Å²) in [5.41, 5.74) is 3.34. The molecule has 1 aromatic heterocycles. The lowest BCUT2D eigenvalue weighted by atomic mass is 10.1. The lowest BCUT2D eigenvalue weighted by Gasteiger charge is -2.21. The predicted octanol–water partition coefficient (Wildman–Crippen LogP) is 2.60. The van der Waals surface area contributed by atoms with Gasteiger partial charge in [-0.1, -0.05) is 30.3 Å². The Balaban J connectivity index is 0.00000192. The SMILES string of the molecule is CC(CN1CCCC1=O)NCc1cn[nH]c1-c1ccccc1.Cl. The van der Waals surface area contributed by atoms with Crippen LogP contribution >= 0.6 is 12.4 Å². The summed E-state index contributed by atoms with van der Waals surface area (Å²) < 4.78 is 0. The summed E-state index contributed by atoms with van der Waals surface area (Å²) in [6, 6.07) is 10.5. The molecule has 0 saturated carbocycles. The second-order valence-corrected chi connectivity index (χ2v) is 5.86. The number of carbonyl (C=O) groups excluding carboxylic acids is 1. The first-order valence-electron chi connectivity index (χ1n) is 7.83. The average Bonchev–Trinajstić information content (AvgIpc) is 3.16. The van der Waals surface area contributed by atoms with Crippen LogP contribution in [-0.2, 0) is 11.3 Å². The molecule has 6 heteroatoms. The molecule has 2 aromatic rings. The Morgan fingerprint density at radius 1 is 1.35 bits per heavy atom. The topological polar surface area (TPSA) is 61.0 Å². The zero-order chi connectivity index (χ0) is 15.4. The summed E-state index contributed by atoms with van der Waals surface area (Å²) in [6.45, 7) is 4.53. The third-order valence-corrected chi connectivity index (χ3v) is 4.09. The molecule has 5 nitrogen and oxygen atoms in total. The number of hydrogen-bond donors (Lipinski definition) is 2. The molecule has 124 valence electrons. The van der Waals surface area contributed by atoms with Gasteiger partial charge >= 0.3 is 0 Å². The summed E-state index contributed by atoms with van der Waals surface area (Å²) in [4.78, 5) is 13.6. The van der Waals surface area contributed by atoms with Crippen LogP contribution in [0.3, 0.4) is 0 Å². The maximum atomic E-state index is 11.7. The minimum atomic E-state index is 0. The first-order chi connectivity index (χ1) is 10.7. The zero-order valence-electron chi connectivity index (χ0n) is 13.3. The molecule has 1 fully saturated rings. The molecule has 3 rings (SSSR count). The average molecular weight is 335 g/mol. The van der Waals surface area contributed by atoms with Crippen LogP contribution in [0.4, 0.5) is 0 Å². The molecule has 1 aliphatic heterocycles. The number of aromatic nitrogens is 2. The fourth-order valence-electron chi connectivity index (χ4n) is 2.88. The van der Waals surface area contributed by atoms with E-state index in [9.17, 15) is 4.79 Å². The van der Waals surface area contributed by atoms with Crippen molar-refractivity contribution in [1.82, 2.24) is 20.4 Å². The Morgan fingerprint density at radius 2 is 2.13 bits per heavy atom. The van der Waals surface area contributed by atoms with Crippen LogP contribution in [0.1, 0.15) is 25.3 Å². The van der Waals surface area contributed by atoms with Crippen molar-refractivity contribution in [3.63, 3.8) is 0 Å². The highest BCUT2D eigenvalue weighted by atomic mass is 35.5. The second-order valence-electron chi connectivity index (χ2n) is 5.86. The van der Waals surface area contributed by atoms with E-state index in [0.717, 1.165) is 42.9 Å². The standard InChI is InChI=1S/C17H22N4O.ClH/c1-13(12-21-9-5-8-16(21)22)18-10-15-11-19-20-17(15)14-6-3-2-4-7-14;/h2-4,6-7,11,13,18H,5,8-10,12H2,1H3,(H,19,20);1H. The van der Waals surface area contributed by atoms with Gasteiger partial charge in [-0.3, -0.25) is 9.89 Å². The number of carbonyl (C=O) groups is 1. The lowest BCUT2D eigenvalue weighted by molar-refractivity contribution is -0.127. The Labute approximate surface area is 142 Å². The van der Waals surface area contributed by atoms with Gasteiger partial charge in [-0.05, 0) is 18.9 Å². The van der Waals surface area contributed by atoms with Gasteiger partial charge in [0.15, 0.2) is 0 Å². The minimum Gasteiger partial charge on any atom is -0.341 e. The molecule has 1 aliphatic rings. The van der Waals surface area contributed by atoms with Gasteiger partial charge in [0.1, 0.15) is 0 Å². The number of H-pyrrole nitrogens is 1. The maximum absolute atomic E-state index is 11.7. The molecule has 0 aliphatic carbocycles. The van der Waals surface area contributed by atoms with E-state index in [1.807, 2.05) is 29.3 Å². The van der Waals surface area contributed by atoms with Crippen LogP contribution in [0.15, 0.2) is 36.5 Å². The van der Waals surface area contributed by atoms with Gasteiger partial charge in [0.2, 0.25) is 5.91 Å². The smallest absolute Gasteiger partial charge is 0.222 e. The molecule has 2 N–H and O–H groups in total. The Kier molecular flexibility index (Phi) is 6.19. The van der Waals surface area contributed by atoms with Gasteiger partial charge in [-0.25, -0.2) is 0 Å². The van der Waals surface area contributed by atoms with Crippen molar-refractivity contribution in [2.45, 2.75) is 32.4 Å². The van der Waals surface area contributed by atoms with Crippen LogP contribution in [-0.4, -0.2) is 40.1 Å². The van der Waals surface area contributed by atoms with E-state index in [4.69, 9.17) is 0 Å². The molecule has 1 unspecified atom stereocenters. The van der Waals surface area contributed by atoms with Crippen LogP contribution in [0, 0.1) is 0 Å². The molecule has 1 atom stereocenters. The molecular formula is C17H23ClN4O.